The number of amides is 1. The highest BCUT2D eigenvalue weighted by molar-refractivity contribution is 6.31. The van der Waals surface area contributed by atoms with Crippen molar-refractivity contribution in [3.05, 3.63) is 51.6 Å². The van der Waals surface area contributed by atoms with E-state index < -0.39 is 108 Å². The zero-order valence-electron chi connectivity index (χ0n) is 28.1. The minimum absolute atomic E-state index is 0.0258. The maximum atomic E-state index is 13.9. The average molecular weight is 713 g/mol. The summed E-state index contributed by atoms with van der Waals surface area (Å²) >= 11 is 0. The summed E-state index contributed by atoms with van der Waals surface area (Å²) in [4.78, 5) is 66.9. The van der Waals surface area contributed by atoms with E-state index in [1.807, 2.05) is 0 Å². The second-order valence-corrected chi connectivity index (χ2v) is 13.5. The molecule has 0 spiro atoms. The monoisotopic (exact) mass is 712 g/mol. The number of β-amino-alcohol motifs (C(OH)–C–C–N with tert-alkyl or cyclic N) is 1. The lowest BCUT2D eigenvalue weighted by Gasteiger charge is -2.43. The van der Waals surface area contributed by atoms with Gasteiger partial charge in [-0.05, 0) is 13.0 Å². The van der Waals surface area contributed by atoms with Crippen LogP contribution < -0.4 is 10.1 Å². The van der Waals surface area contributed by atoms with Gasteiger partial charge in [0.1, 0.15) is 29.5 Å². The quantitative estimate of drug-likeness (QED) is 0.134. The first-order valence-corrected chi connectivity index (χ1v) is 16.6. The van der Waals surface area contributed by atoms with Crippen LogP contribution in [0.1, 0.15) is 82.2 Å². The van der Waals surface area contributed by atoms with Crippen LogP contribution in [0, 0.1) is 0 Å². The van der Waals surface area contributed by atoms with E-state index in [0.29, 0.717) is 0 Å². The highest BCUT2D eigenvalue weighted by atomic mass is 16.7. The minimum atomic E-state index is -2.34. The third kappa shape index (κ3) is 6.20. The van der Waals surface area contributed by atoms with Crippen molar-refractivity contribution in [1.29, 1.82) is 0 Å². The molecule has 16 heteroatoms. The van der Waals surface area contributed by atoms with Crippen LogP contribution in [-0.2, 0) is 30.3 Å². The number of Topliss-reactive ketones (excluding diaryl/α,β-unsaturated/α-hetero) is 2. The van der Waals surface area contributed by atoms with Crippen LogP contribution in [0.4, 0.5) is 0 Å². The number of phenolic OH excluding ortho intramolecular Hbond substituents is 2. The number of benzene rings is 2. The van der Waals surface area contributed by atoms with E-state index in [1.165, 1.54) is 44.1 Å². The number of methoxy groups -OCH3 is 1. The third-order valence-corrected chi connectivity index (χ3v) is 10.4. The van der Waals surface area contributed by atoms with Crippen LogP contribution in [0.2, 0.25) is 0 Å². The Morgan fingerprint density at radius 3 is 2.43 bits per heavy atom. The van der Waals surface area contributed by atoms with Crippen LogP contribution in [0.15, 0.2) is 18.2 Å². The van der Waals surface area contributed by atoms with Crippen molar-refractivity contribution < 1.29 is 68.8 Å². The van der Waals surface area contributed by atoms with Gasteiger partial charge in [-0.1, -0.05) is 12.1 Å². The molecule has 274 valence electrons. The number of ketones is 4. The van der Waals surface area contributed by atoms with Crippen molar-refractivity contribution in [1.82, 2.24) is 10.2 Å². The van der Waals surface area contributed by atoms with Gasteiger partial charge in [0.15, 0.2) is 23.6 Å². The Kier molecular flexibility index (Phi) is 9.79. The van der Waals surface area contributed by atoms with Gasteiger partial charge >= 0.3 is 0 Å². The molecule has 2 saturated heterocycles. The van der Waals surface area contributed by atoms with Crippen LogP contribution in [0.5, 0.6) is 17.2 Å². The Hall–Kier alpha value is -4.29. The zero-order chi connectivity index (χ0) is 37.1. The lowest BCUT2D eigenvalue weighted by Crippen LogP contribution is -2.56. The lowest BCUT2D eigenvalue weighted by atomic mass is 9.72. The topological polar surface area (TPSA) is 250 Å². The van der Waals surface area contributed by atoms with Gasteiger partial charge in [-0.25, -0.2) is 0 Å². The molecule has 0 saturated carbocycles. The van der Waals surface area contributed by atoms with Crippen molar-refractivity contribution in [2.45, 2.75) is 87.9 Å². The fourth-order valence-corrected chi connectivity index (χ4v) is 7.74. The van der Waals surface area contributed by atoms with Gasteiger partial charge in [0.05, 0.1) is 60.8 Å². The predicted molar refractivity (Wildman–Crippen MR) is 172 cm³/mol. The van der Waals surface area contributed by atoms with Gasteiger partial charge < -0.3 is 55.1 Å². The highest BCUT2D eigenvalue weighted by Crippen LogP contribution is 2.52. The normalized spacial score (nSPS) is 30.0. The Morgan fingerprint density at radius 2 is 1.76 bits per heavy atom. The van der Waals surface area contributed by atoms with Crippen LogP contribution >= 0.6 is 0 Å². The summed E-state index contributed by atoms with van der Waals surface area (Å²) in [5.74, 6) is -4.84. The molecule has 2 aliphatic heterocycles. The van der Waals surface area contributed by atoms with Gasteiger partial charge in [-0.2, -0.15) is 0 Å². The maximum Gasteiger partial charge on any atom is 0.220 e. The number of fused-ring (bicyclic) bond motifs is 3. The Labute approximate surface area is 291 Å². The zero-order valence-corrected chi connectivity index (χ0v) is 28.1. The average Bonchev–Trinajstić information content (AvgIpc) is 3.50. The first-order chi connectivity index (χ1) is 24.1. The summed E-state index contributed by atoms with van der Waals surface area (Å²) in [5, 5.41) is 68.4. The van der Waals surface area contributed by atoms with E-state index in [0.717, 1.165) is 0 Å². The van der Waals surface area contributed by atoms with Crippen molar-refractivity contribution in [2.75, 3.05) is 26.8 Å². The molecule has 2 aromatic rings. The maximum absolute atomic E-state index is 13.9. The van der Waals surface area contributed by atoms with Gasteiger partial charge in [0, 0.05) is 61.9 Å². The van der Waals surface area contributed by atoms with Crippen LogP contribution in [-0.4, -0.2) is 134 Å². The Bertz CT molecular complexity index is 1810. The number of phenols is 2. The largest absolute Gasteiger partial charge is 0.507 e. The SMILES string of the molecule is COc1cccc2c1C(=O)c1c(O)c3c(c(O)c1C2=O)C[C@@](O)(C(=O)CO)CC3OC1CC(NCC(=O)[C@@H]2CC(O)CN2C(C)=O)C(O)C(C)O1. The van der Waals surface area contributed by atoms with Crippen molar-refractivity contribution in [2.24, 2.45) is 0 Å². The second-order valence-electron chi connectivity index (χ2n) is 13.5. The molecule has 2 fully saturated rings. The molecule has 8 atom stereocenters. The fourth-order valence-electron chi connectivity index (χ4n) is 7.74. The standard InChI is InChI=1S/C35H40N2O14/c1-14-30(43)19(36-11-21(41)20-7-16(40)12-37(20)15(2)39)8-25(50-14)51-23-10-35(48,24(42)13-38)9-18-27(23)34(47)29-28(32(18)45)31(44)17-5-4-6-22(49-3)26(17)33(29)46/h4-6,14,16,19-20,23,25,30,36,38,40,43,45,47-48H,7-13H2,1-3H3/t14?,16?,19?,20-,23?,25?,30?,35-/m0/s1. The highest BCUT2D eigenvalue weighted by Gasteiger charge is 2.50. The molecule has 51 heavy (non-hydrogen) atoms. The first-order valence-electron chi connectivity index (χ1n) is 16.6. The van der Waals surface area contributed by atoms with E-state index in [1.54, 1.807) is 0 Å². The van der Waals surface area contributed by atoms with E-state index in [-0.39, 0.29) is 65.6 Å². The predicted octanol–water partition coefficient (Wildman–Crippen LogP) is -0.817. The lowest BCUT2D eigenvalue weighted by molar-refractivity contribution is -0.249. The Morgan fingerprint density at radius 1 is 1.06 bits per heavy atom. The van der Waals surface area contributed by atoms with E-state index in [4.69, 9.17) is 14.2 Å². The number of likely N-dealkylation sites (tertiary alicyclic amines) is 1. The first kappa shape index (κ1) is 36.5. The summed E-state index contributed by atoms with van der Waals surface area (Å²) in [5.41, 5.74) is -4.06. The van der Waals surface area contributed by atoms with E-state index >= 15 is 0 Å². The molecule has 0 aromatic heterocycles. The molecule has 2 heterocycles. The molecule has 0 bridgehead atoms. The summed E-state index contributed by atoms with van der Waals surface area (Å²) in [6, 6.07) is 2.62. The summed E-state index contributed by atoms with van der Waals surface area (Å²) < 4.78 is 17.4. The molecule has 7 N–H and O–H groups in total. The van der Waals surface area contributed by atoms with Crippen LogP contribution in [0.25, 0.3) is 0 Å². The molecular formula is C35H40N2O14. The van der Waals surface area contributed by atoms with E-state index in [9.17, 15) is 54.6 Å². The van der Waals surface area contributed by atoms with Crippen molar-refractivity contribution in [3.8, 4) is 17.2 Å². The number of nitrogens with zero attached hydrogens (tertiary/aromatic N) is 1. The molecule has 0 radical (unpaired) electrons. The molecule has 6 rings (SSSR count). The number of aromatic hydroxyl groups is 2. The number of aliphatic hydroxyl groups is 4. The molecule has 4 aliphatic rings. The van der Waals surface area contributed by atoms with Crippen molar-refractivity contribution in [3.63, 3.8) is 0 Å². The number of hydrogen-bond acceptors (Lipinski definition) is 15. The third-order valence-electron chi connectivity index (χ3n) is 10.4. The second kappa shape index (κ2) is 13.7. The number of carbonyl (C=O) groups excluding carboxylic acids is 5. The number of rotatable bonds is 9. The number of hydrogen-bond donors (Lipinski definition) is 7. The van der Waals surface area contributed by atoms with Crippen molar-refractivity contribution >= 4 is 29.0 Å². The molecular weight excluding hydrogens is 672 g/mol. The van der Waals surface area contributed by atoms with Gasteiger partial charge in [0.25, 0.3) is 0 Å². The summed E-state index contributed by atoms with van der Waals surface area (Å²) in [7, 11) is 1.30. The number of aliphatic hydroxyl groups excluding tert-OH is 3. The number of carbonyl (C=O) groups is 5. The smallest absolute Gasteiger partial charge is 0.220 e. The summed E-state index contributed by atoms with van der Waals surface area (Å²) in [6.45, 7) is 1.51. The Balaban J connectivity index is 1.33. The summed E-state index contributed by atoms with van der Waals surface area (Å²) in [6.07, 6.45) is -6.83. The van der Waals surface area contributed by atoms with Gasteiger partial charge in [-0.3, -0.25) is 24.0 Å². The molecule has 6 unspecified atom stereocenters. The fraction of sp³-hybridized carbons (Fsp3) is 0.514. The minimum Gasteiger partial charge on any atom is -0.507 e. The van der Waals surface area contributed by atoms with Gasteiger partial charge in [0.2, 0.25) is 11.7 Å². The molecule has 2 aromatic carbocycles. The number of nitrogens with one attached hydrogen (secondary N) is 1. The molecule has 2 aliphatic carbocycles. The molecule has 16 nitrogen and oxygen atoms in total. The molecule has 1 amide bonds. The van der Waals surface area contributed by atoms with Gasteiger partial charge in [-0.15, -0.1) is 0 Å². The van der Waals surface area contributed by atoms with E-state index in [2.05, 4.69) is 5.32 Å². The van der Waals surface area contributed by atoms with Crippen LogP contribution in [0.3, 0.4) is 0 Å². The number of ether oxygens (including phenoxy) is 3.